The fraction of sp³-hybridized carbons (Fsp3) is 0.0435. The zero-order chi connectivity index (χ0) is 23.3. The third kappa shape index (κ3) is 4.97. The summed E-state index contributed by atoms with van der Waals surface area (Å²) in [4.78, 5) is 12.4. The van der Waals surface area contributed by atoms with Crippen molar-refractivity contribution in [2.45, 2.75) is 4.90 Å². The highest BCUT2D eigenvalue weighted by Gasteiger charge is 2.27. The number of anilines is 2. The van der Waals surface area contributed by atoms with Crippen LogP contribution >= 0.6 is 11.6 Å². The second-order valence-electron chi connectivity index (χ2n) is 6.59. The molecular weight excluding hydrogens is 453 g/mol. The quantitative estimate of drug-likeness (QED) is 0.494. The molecule has 0 spiro atoms. The Morgan fingerprint density at radius 2 is 1.88 bits per heavy atom. The van der Waals surface area contributed by atoms with Crippen molar-refractivity contribution >= 4 is 38.9 Å². The lowest BCUT2D eigenvalue weighted by atomic mass is 10.2. The van der Waals surface area contributed by atoms with E-state index < -0.39 is 21.7 Å². The maximum atomic E-state index is 13.4. The van der Waals surface area contributed by atoms with E-state index in [1.807, 2.05) is 6.07 Å². The minimum Gasteiger partial charge on any atom is -0.322 e. The van der Waals surface area contributed by atoms with Gasteiger partial charge in [0.25, 0.3) is 15.9 Å². The fourth-order valence-electron chi connectivity index (χ4n) is 2.90. The molecule has 6 nitrogen and oxygen atoms in total. The Bertz CT molecular complexity index is 1320. The van der Waals surface area contributed by atoms with Crippen molar-refractivity contribution in [3.63, 3.8) is 0 Å². The number of carbonyl (C=O) groups excluding carboxylic acids is 1. The predicted octanol–water partition coefficient (Wildman–Crippen LogP) is 4.98. The lowest BCUT2D eigenvalue weighted by molar-refractivity contribution is 0.102. The van der Waals surface area contributed by atoms with Crippen LogP contribution in [0.2, 0.25) is 5.02 Å². The summed E-state index contributed by atoms with van der Waals surface area (Å²) in [5, 5.41) is 11.5. The summed E-state index contributed by atoms with van der Waals surface area (Å²) in [5.74, 6) is -1.09. The van der Waals surface area contributed by atoms with E-state index in [0.29, 0.717) is 11.3 Å². The number of nitriles is 1. The molecule has 9 heteroatoms. The Labute approximate surface area is 190 Å². The number of hydrogen-bond acceptors (Lipinski definition) is 4. The van der Waals surface area contributed by atoms with Crippen LogP contribution in [0.1, 0.15) is 15.9 Å². The van der Waals surface area contributed by atoms with Crippen LogP contribution in [-0.4, -0.2) is 20.9 Å². The number of nitrogens with zero attached hydrogens (tertiary/aromatic N) is 2. The van der Waals surface area contributed by atoms with E-state index in [9.17, 15) is 17.6 Å². The number of halogens is 2. The van der Waals surface area contributed by atoms with Gasteiger partial charge in [-0.25, -0.2) is 12.8 Å². The molecule has 3 aromatic rings. The zero-order valence-electron chi connectivity index (χ0n) is 16.6. The van der Waals surface area contributed by atoms with Crippen LogP contribution < -0.4 is 9.62 Å². The molecule has 162 valence electrons. The minimum atomic E-state index is -4.21. The SMILES string of the molecule is C=CCN(c1ccc(F)cc1)S(=O)(=O)c1cc(C(=O)Nc2cccc(C#N)c2)ccc1Cl. The van der Waals surface area contributed by atoms with Crippen LogP contribution in [0.15, 0.2) is 84.3 Å². The average Bonchev–Trinajstić information content (AvgIpc) is 2.78. The van der Waals surface area contributed by atoms with Gasteiger partial charge in [-0.2, -0.15) is 5.26 Å². The molecule has 32 heavy (non-hydrogen) atoms. The molecule has 1 amide bonds. The number of sulfonamides is 1. The van der Waals surface area contributed by atoms with Crippen molar-refractivity contribution in [1.82, 2.24) is 0 Å². The molecule has 3 rings (SSSR count). The van der Waals surface area contributed by atoms with Crippen LogP contribution in [0.5, 0.6) is 0 Å². The minimum absolute atomic E-state index is 0.0491. The summed E-state index contributed by atoms with van der Waals surface area (Å²) in [6, 6.07) is 17.1. The lowest BCUT2D eigenvalue weighted by Gasteiger charge is -2.24. The molecule has 0 saturated heterocycles. The average molecular weight is 470 g/mol. The fourth-order valence-corrected chi connectivity index (χ4v) is 4.84. The van der Waals surface area contributed by atoms with Gasteiger partial charge in [0.2, 0.25) is 0 Å². The molecule has 0 heterocycles. The van der Waals surface area contributed by atoms with Gasteiger partial charge in [0.1, 0.15) is 10.7 Å². The second-order valence-corrected chi connectivity index (χ2v) is 8.83. The van der Waals surface area contributed by atoms with Gasteiger partial charge in [0.15, 0.2) is 0 Å². The molecule has 0 aliphatic carbocycles. The van der Waals surface area contributed by atoms with E-state index in [1.54, 1.807) is 18.2 Å². The van der Waals surface area contributed by atoms with Crippen LogP contribution in [0.3, 0.4) is 0 Å². The van der Waals surface area contributed by atoms with Gasteiger partial charge in [0.05, 0.1) is 28.9 Å². The Morgan fingerprint density at radius 1 is 1.16 bits per heavy atom. The Morgan fingerprint density at radius 3 is 2.53 bits per heavy atom. The highest BCUT2D eigenvalue weighted by molar-refractivity contribution is 7.93. The monoisotopic (exact) mass is 469 g/mol. The molecule has 0 saturated carbocycles. The summed E-state index contributed by atoms with van der Waals surface area (Å²) in [7, 11) is -4.21. The summed E-state index contributed by atoms with van der Waals surface area (Å²) in [6.45, 7) is 3.48. The van der Waals surface area contributed by atoms with E-state index in [1.165, 1.54) is 42.5 Å². The standard InChI is InChI=1S/C23H17ClFN3O3S/c1-2-12-28(20-9-7-18(25)8-10-20)32(30,31)22-14-17(6-11-21(22)24)23(29)27-19-5-3-4-16(13-19)15-26/h2-11,13-14H,1,12H2,(H,27,29). The number of benzene rings is 3. The largest absolute Gasteiger partial charge is 0.322 e. The Hall–Kier alpha value is -3.67. The third-order valence-corrected chi connectivity index (χ3v) is 6.70. The highest BCUT2D eigenvalue weighted by atomic mass is 35.5. The number of hydrogen-bond donors (Lipinski definition) is 1. The van der Waals surface area contributed by atoms with Crippen molar-refractivity contribution in [3.8, 4) is 6.07 Å². The van der Waals surface area contributed by atoms with E-state index >= 15 is 0 Å². The first kappa shape index (κ1) is 23.0. The van der Waals surface area contributed by atoms with Crippen molar-refractivity contribution in [2.75, 3.05) is 16.2 Å². The Kier molecular flexibility index (Phi) is 6.93. The van der Waals surface area contributed by atoms with Crippen molar-refractivity contribution in [3.05, 3.63) is 101 Å². The van der Waals surface area contributed by atoms with Gasteiger partial charge in [0, 0.05) is 11.3 Å². The van der Waals surface area contributed by atoms with Gasteiger partial charge >= 0.3 is 0 Å². The number of rotatable bonds is 7. The van der Waals surface area contributed by atoms with Crippen LogP contribution in [0, 0.1) is 17.1 Å². The first-order chi connectivity index (χ1) is 15.3. The Balaban J connectivity index is 1.98. The van der Waals surface area contributed by atoms with E-state index in [4.69, 9.17) is 16.9 Å². The number of nitrogens with one attached hydrogen (secondary N) is 1. The van der Waals surface area contributed by atoms with Gasteiger partial charge in [-0.3, -0.25) is 9.10 Å². The molecule has 0 aliphatic heterocycles. The third-order valence-electron chi connectivity index (χ3n) is 4.42. The molecule has 0 radical (unpaired) electrons. The highest BCUT2D eigenvalue weighted by Crippen LogP contribution is 2.30. The molecule has 0 unspecified atom stereocenters. The van der Waals surface area contributed by atoms with Gasteiger partial charge in [-0.15, -0.1) is 6.58 Å². The van der Waals surface area contributed by atoms with E-state index in [-0.39, 0.29) is 27.7 Å². The second kappa shape index (κ2) is 9.64. The van der Waals surface area contributed by atoms with Crippen molar-refractivity contribution < 1.29 is 17.6 Å². The first-order valence-electron chi connectivity index (χ1n) is 9.26. The van der Waals surface area contributed by atoms with E-state index in [2.05, 4.69) is 11.9 Å². The van der Waals surface area contributed by atoms with Crippen LogP contribution in [0.4, 0.5) is 15.8 Å². The molecular formula is C23H17ClFN3O3S. The molecule has 0 aliphatic rings. The lowest BCUT2D eigenvalue weighted by Crippen LogP contribution is -2.31. The zero-order valence-corrected chi connectivity index (χ0v) is 18.2. The summed E-state index contributed by atoms with van der Waals surface area (Å²) >= 11 is 6.18. The molecule has 3 aromatic carbocycles. The van der Waals surface area contributed by atoms with E-state index in [0.717, 1.165) is 16.4 Å². The maximum Gasteiger partial charge on any atom is 0.266 e. The first-order valence-corrected chi connectivity index (χ1v) is 11.1. The van der Waals surface area contributed by atoms with Crippen molar-refractivity contribution in [2.24, 2.45) is 0 Å². The summed E-state index contributed by atoms with van der Waals surface area (Å²) in [5.41, 5.74) is 1.01. The molecule has 0 atom stereocenters. The van der Waals surface area contributed by atoms with Gasteiger partial charge in [-0.1, -0.05) is 23.7 Å². The molecule has 0 bridgehead atoms. The number of amides is 1. The van der Waals surface area contributed by atoms with Crippen LogP contribution in [-0.2, 0) is 10.0 Å². The van der Waals surface area contributed by atoms with Crippen LogP contribution in [0.25, 0.3) is 0 Å². The normalized spacial score (nSPS) is 10.8. The smallest absolute Gasteiger partial charge is 0.266 e. The summed E-state index contributed by atoms with van der Waals surface area (Å²) in [6.07, 6.45) is 1.38. The molecule has 0 aromatic heterocycles. The van der Waals surface area contributed by atoms with Gasteiger partial charge < -0.3 is 5.32 Å². The predicted molar refractivity (Wildman–Crippen MR) is 122 cm³/mol. The number of carbonyl (C=O) groups is 1. The van der Waals surface area contributed by atoms with Gasteiger partial charge in [-0.05, 0) is 60.7 Å². The summed E-state index contributed by atoms with van der Waals surface area (Å²) < 4.78 is 41.1. The van der Waals surface area contributed by atoms with Crippen molar-refractivity contribution in [1.29, 1.82) is 5.26 Å². The molecule has 0 fully saturated rings. The maximum absolute atomic E-state index is 13.4. The molecule has 1 N–H and O–H groups in total. The topological polar surface area (TPSA) is 90.3 Å².